The first-order chi connectivity index (χ1) is 10.5. The van der Waals surface area contributed by atoms with Crippen LogP contribution >= 0.6 is 23.2 Å². The number of benzene rings is 2. The van der Waals surface area contributed by atoms with Gasteiger partial charge in [-0.15, -0.1) is 0 Å². The largest absolute Gasteiger partial charge is 0.343 e. The summed E-state index contributed by atoms with van der Waals surface area (Å²) in [6, 6.07) is 11.6. The highest BCUT2D eigenvalue weighted by Crippen LogP contribution is 2.19. The summed E-state index contributed by atoms with van der Waals surface area (Å²) in [6.07, 6.45) is 0. The summed E-state index contributed by atoms with van der Waals surface area (Å²) in [7, 11) is 0. The van der Waals surface area contributed by atoms with Gasteiger partial charge in [-0.3, -0.25) is 9.59 Å². The molecule has 114 valence electrons. The molecule has 0 heterocycles. The number of aryl methyl sites for hydroxylation is 1. The van der Waals surface area contributed by atoms with E-state index in [1.54, 1.807) is 42.5 Å². The summed E-state index contributed by atoms with van der Waals surface area (Å²) >= 11 is 11.6. The Morgan fingerprint density at radius 2 is 1.64 bits per heavy atom. The summed E-state index contributed by atoms with van der Waals surface area (Å²) in [4.78, 5) is 23.7. The maximum Gasteiger partial charge on any atom is 0.251 e. The highest BCUT2D eigenvalue weighted by molar-refractivity contribution is 6.31. The average molecular weight is 337 g/mol. The maximum absolute atomic E-state index is 11.9. The quantitative estimate of drug-likeness (QED) is 0.894. The van der Waals surface area contributed by atoms with Crippen molar-refractivity contribution in [3.05, 3.63) is 63.6 Å². The van der Waals surface area contributed by atoms with Crippen LogP contribution in [-0.2, 0) is 4.79 Å². The van der Waals surface area contributed by atoms with Crippen molar-refractivity contribution >= 4 is 40.7 Å². The Bertz CT molecular complexity index is 700. The van der Waals surface area contributed by atoms with E-state index in [1.807, 2.05) is 6.92 Å². The van der Waals surface area contributed by atoms with E-state index in [0.717, 1.165) is 5.56 Å². The second-order valence-electron chi connectivity index (χ2n) is 4.70. The Balaban J connectivity index is 1.89. The Morgan fingerprint density at radius 3 is 2.27 bits per heavy atom. The highest BCUT2D eigenvalue weighted by Gasteiger charge is 2.09. The van der Waals surface area contributed by atoms with Gasteiger partial charge in [0.2, 0.25) is 5.91 Å². The molecule has 0 aliphatic heterocycles. The molecule has 0 aliphatic carbocycles. The first-order valence-corrected chi connectivity index (χ1v) is 7.31. The van der Waals surface area contributed by atoms with Gasteiger partial charge in [-0.2, -0.15) is 0 Å². The molecule has 6 heteroatoms. The minimum absolute atomic E-state index is 0.122. The second-order valence-corrected chi connectivity index (χ2v) is 5.57. The molecule has 0 spiro atoms. The summed E-state index contributed by atoms with van der Waals surface area (Å²) in [5.74, 6) is -0.646. The predicted molar refractivity (Wildman–Crippen MR) is 88.6 cm³/mol. The molecule has 0 bridgehead atoms. The number of hydrogen-bond acceptors (Lipinski definition) is 2. The smallest absolute Gasteiger partial charge is 0.251 e. The van der Waals surface area contributed by atoms with Crippen molar-refractivity contribution in [1.29, 1.82) is 0 Å². The molecule has 2 rings (SSSR count). The van der Waals surface area contributed by atoms with Crippen LogP contribution in [0.2, 0.25) is 10.0 Å². The van der Waals surface area contributed by atoms with Crippen LogP contribution in [0.15, 0.2) is 42.5 Å². The number of carbonyl (C=O) groups is 2. The van der Waals surface area contributed by atoms with Crippen molar-refractivity contribution in [2.24, 2.45) is 0 Å². The highest BCUT2D eigenvalue weighted by atomic mass is 35.5. The van der Waals surface area contributed by atoms with Crippen molar-refractivity contribution in [1.82, 2.24) is 5.32 Å². The van der Waals surface area contributed by atoms with Crippen LogP contribution in [0.1, 0.15) is 15.9 Å². The molecule has 0 saturated heterocycles. The Morgan fingerprint density at radius 1 is 1.00 bits per heavy atom. The first kappa shape index (κ1) is 16.3. The summed E-state index contributed by atoms with van der Waals surface area (Å²) in [6.45, 7) is 1.72. The molecule has 0 aromatic heterocycles. The second kappa shape index (κ2) is 7.29. The fourth-order valence-corrected chi connectivity index (χ4v) is 2.18. The standard InChI is InChI=1S/C16H14Cl2N2O2/c1-10-8-13(18)6-7-14(10)20-15(21)9-19-16(22)11-2-4-12(17)5-3-11/h2-8H,9H2,1H3,(H,19,22)(H,20,21). The third kappa shape index (κ3) is 4.48. The lowest BCUT2D eigenvalue weighted by Crippen LogP contribution is -2.32. The molecule has 0 unspecified atom stereocenters. The van der Waals surface area contributed by atoms with Gasteiger partial charge < -0.3 is 10.6 Å². The van der Waals surface area contributed by atoms with Gasteiger partial charge in [-0.1, -0.05) is 23.2 Å². The summed E-state index contributed by atoms with van der Waals surface area (Å²) in [5, 5.41) is 6.42. The normalized spacial score (nSPS) is 10.1. The number of amides is 2. The SMILES string of the molecule is Cc1cc(Cl)ccc1NC(=O)CNC(=O)c1ccc(Cl)cc1. The van der Waals surface area contributed by atoms with E-state index in [1.165, 1.54) is 0 Å². The lowest BCUT2D eigenvalue weighted by molar-refractivity contribution is -0.115. The predicted octanol–water partition coefficient (Wildman–Crippen LogP) is 3.67. The van der Waals surface area contributed by atoms with Crippen LogP contribution < -0.4 is 10.6 Å². The zero-order valence-corrected chi connectivity index (χ0v) is 13.3. The Kier molecular flexibility index (Phi) is 5.41. The molecule has 2 amide bonds. The monoisotopic (exact) mass is 336 g/mol. The molecule has 0 radical (unpaired) electrons. The third-order valence-corrected chi connectivity index (χ3v) is 3.47. The molecule has 0 saturated carbocycles. The zero-order valence-electron chi connectivity index (χ0n) is 11.8. The maximum atomic E-state index is 11.9. The molecule has 0 fully saturated rings. The molecule has 0 aliphatic rings. The molecule has 4 nitrogen and oxygen atoms in total. The van der Waals surface area contributed by atoms with Crippen molar-refractivity contribution in [3.8, 4) is 0 Å². The lowest BCUT2D eigenvalue weighted by Gasteiger charge is -2.09. The number of anilines is 1. The van der Waals surface area contributed by atoms with Gasteiger partial charge in [0.1, 0.15) is 0 Å². The minimum atomic E-state index is -0.334. The molecule has 2 aromatic carbocycles. The van der Waals surface area contributed by atoms with Crippen LogP contribution in [0.3, 0.4) is 0 Å². The van der Waals surface area contributed by atoms with Crippen LogP contribution in [0.4, 0.5) is 5.69 Å². The molecule has 2 N–H and O–H groups in total. The van der Waals surface area contributed by atoms with E-state index >= 15 is 0 Å². The van der Waals surface area contributed by atoms with Gasteiger partial charge in [0.15, 0.2) is 0 Å². The van der Waals surface area contributed by atoms with Gasteiger partial charge in [0.05, 0.1) is 6.54 Å². The summed E-state index contributed by atoms with van der Waals surface area (Å²) < 4.78 is 0. The fraction of sp³-hybridized carbons (Fsp3) is 0.125. The van der Waals surface area contributed by atoms with Gasteiger partial charge in [-0.05, 0) is 55.0 Å². The number of halogens is 2. The van der Waals surface area contributed by atoms with Crippen LogP contribution in [0, 0.1) is 6.92 Å². The first-order valence-electron chi connectivity index (χ1n) is 6.55. The van der Waals surface area contributed by atoms with Crippen molar-refractivity contribution < 1.29 is 9.59 Å². The van der Waals surface area contributed by atoms with Gasteiger partial charge >= 0.3 is 0 Å². The van der Waals surface area contributed by atoms with E-state index in [-0.39, 0.29) is 18.4 Å². The van der Waals surface area contributed by atoms with Crippen LogP contribution in [0.25, 0.3) is 0 Å². The average Bonchev–Trinajstić information content (AvgIpc) is 2.48. The van der Waals surface area contributed by atoms with E-state index in [0.29, 0.717) is 21.3 Å². The Hall–Kier alpha value is -2.04. The van der Waals surface area contributed by atoms with Crippen LogP contribution in [0.5, 0.6) is 0 Å². The van der Waals surface area contributed by atoms with Crippen molar-refractivity contribution in [2.45, 2.75) is 6.92 Å². The summed E-state index contributed by atoms with van der Waals surface area (Å²) in [5.41, 5.74) is 1.96. The van der Waals surface area contributed by atoms with E-state index in [2.05, 4.69) is 10.6 Å². The van der Waals surface area contributed by atoms with Crippen molar-refractivity contribution in [3.63, 3.8) is 0 Å². The molecular weight excluding hydrogens is 323 g/mol. The third-order valence-electron chi connectivity index (χ3n) is 2.98. The molecule has 22 heavy (non-hydrogen) atoms. The van der Waals surface area contributed by atoms with Gasteiger partial charge in [0.25, 0.3) is 5.91 Å². The van der Waals surface area contributed by atoms with Crippen LogP contribution in [-0.4, -0.2) is 18.4 Å². The van der Waals surface area contributed by atoms with Gasteiger partial charge in [-0.25, -0.2) is 0 Å². The molecular formula is C16H14Cl2N2O2. The Labute approximate surface area is 138 Å². The molecule has 0 atom stereocenters. The number of rotatable bonds is 4. The minimum Gasteiger partial charge on any atom is -0.343 e. The topological polar surface area (TPSA) is 58.2 Å². The number of nitrogens with one attached hydrogen (secondary N) is 2. The van der Waals surface area contributed by atoms with Crippen molar-refractivity contribution in [2.75, 3.05) is 11.9 Å². The van der Waals surface area contributed by atoms with E-state index in [4.69, 9.17) is 23.2 Å². The fourth-order valence-electron chi connectivity index (χ4n) is 1.83. The lowest BCUT2D eigenvalue weighted by atomic mass is 10.2. The number of hydrogen-bond donors (Lipinski definition) is 2. The molecule has 2 aromatic rings. The van der Waals surface area contributed by atoms with E-state index < -0.39 is 0 Å². The van der Waals surface area contributed by atoms with E-state index in [9.17, 15) is 9.59 Å². The number of carbonyl (C=O) groups excluding carboxylic acids is 2. The van der Waals surface area contributed by atoms with Gasteiger partial charge in [0, 0.05) is 21.3 Å². The zero-order chi connectivity index (χ0) is 16.1.